The first-order valence-corrected chi connectivity index (χ1v) is 5.20. The second-order valence-electron chi connectivity index (χ2n) is 3.64. The van der Waals surface area contributed by atoms with E-state index < -0.39 is 0 Å². The zero-order chi connectivity index (χ0) is 12.1. The van der Waals surface area contributed by atoms with Gasteiger partial charge < -0.3 is 4.42 Å². The quantitative estimate of drug-likeness (QED) is 0.762. The maximum atomic E-state index is 11.6. The summed E-state index contributed by atoms with van der Waals surface area (Å²) in [6.45, 7) is 5.39. The summed E-state index contributed by atoms with van der Waals surface area (Å²) in [7, 11) is 0. The number of carbonyl (C=O) groups is 2. The molecule has 1 unspecified atom stereocenters. The van der Waals surface area contributed by atoms with Crippen molar-refractivity contribution in [1.29, 1.82) is 0 Å². The lowest BCUT2D eigenvalue weighted by molar-refractivity contribution is -0.125. The minimum atomic E-state index is -0.372. The summed E-state index contributed by atoms with van der Waals surface area (Å²) in [5.41, 5.74) is 5.13. The molecule has 16 heavy (non-hydrogen) atoms. The predicted octanol–water partition coefficient (Wildman–Crippen LogP) is 1.40. The van der Waals surface area contributed by atoms with Crippen LogP contribution in [0.15, 0.2) is 16.7 Å². The maximum Gasteiger partial charge on any atom is 0.273 e. The van der Waals surface area contributed by atoms with Gasteiger partial charge in [0.25, 0.3) is 5.91 Å². The van der Waals surface area contributed by atoms with Crippen molar-refractivity contribution in [3.8, 4) is 0 Å². The molecule has 0 fully saturated rings. The fraction of sp³-hybridized carbons (Fsp3) is 0.455. The van der Waals surface area contributed by atoms with Crippen molar-refractivity contribution < 1.29 is 14.0 Å². The summed E-state index contributed by atoms with van der Waals surface area (Å²) in [5, 5.41) is 0. The van der Waals surface area contributed by atoms with Crippen molar-refractivity contribution in [2.45, 2.75) is 27.2 Å². The van der Waals surface area contributed by atoms with Gasteiger partial charge in [0.2, 0.25) is 5.91 Å². The van der Waals surface area contributed by atoms with Gasteiger partial charge >= 0.3 is 0 Å². The molecule has 0 aliphatic rings. The van der Waals surface area contributed by atoms with Crippen molar-refractivity contribution in [3.05, 3.63) is 23.7 Å². The van der Waals surface area contributed by atoms with Gasteiger partial charge in [0.1, 0.15) is 5.76 Å². The van der Waals surface area contributed by atoms with E-state index in [1.54, 1.807) is 19.9 Å². The van der Waals surface area contributed by atoms with Crippen LogP contribution >= 0.6 is 0 Å². The molecule has 2 N–H and O–H groups in total. The maximum absolute atomic E-state index is 11.6. The standard InChI is InChI=1S/C11H16N2O3/c1-4-7(2)10(14)12-13-11(15)9-5-6-16-8(9)3/h5-7H,4H2,1-3H3,(H,12,14)(H,13,15). The molecule has 1 aromatic heterocycles. The Balaban J connectivity index is 2.48. The molecule has 1 rings (SSSR count). The van der Waals surface area contributed by atoms with Gasteiger partial charge in [-0.25, -0.2) is 0 Å². The lowest BCUT2D eigenvalue weighted by atomic mass is 10.1. The van der Waals surface area contributed by atoms with Gasteiger partial charge in [0.05, 0.1) is 11.8 Å². The molecule has 1 atom stereocenters. The molecule has 0 aliphatic heterocycles. The van der Waals surface area contributed by atoms with Crippen LogP contribution in [0.4, 0.5) is 0 Å². The Labute approximate surface area is 94.2 Å². The Kier molecular flexibility index (Phi) is 4.10. The van der Waals surface area contributed by atoms with Crippen molar-refractivity contribution in [2.75, 3.05) is 0 Å². The van der Waals surface area contributed by atoms with Crippen LogP contribution < -0.4 is 10.9 Å². The molecule has 0 saturated carbocycles. The normalized spacial score (nSPS) is 11.9. The number of amides is 2. The van der Waals surface area contributed by atoms with Gasteiger partial charge in [-0.15, -0.1) is 0 Å². The van der Waals surface area contributed by atoms with E-state index in [-0.39, 0.29) is 17.7 Å². The number of hydrogen-bond donors (Lipinski definition) is 2. The van der Waals surface area contributed by atoms with Crippen LogP contribution in [0.3, 0.4) is 0 Å². The Morgan fingerprint density at radius 2 is 2.12 bits per heavy atom. The van der Waals surface area contributed by atoms with Crippen molar-refractivity contribution in [3.63, 3.8) is 0 Å². The molecule has 0 aromatic carbocycles. The number of furan rings is 1. The number of aryl methyl sites for hydroxylation is 1. The van der Waals surface area contributed by atoms with Crippen LogP contribution in [0.2, 0.25) is 0 Å². The summed E-state index contributed by atoms with van der Waals surface area (Å²) in [6, 6.07) is 1.56. The number of hydrogen-bond acceptors (Lipinski definition) is 3. The average Bonchev–Trinajstić information content (AvgIpc) is 2.70. The molecule has 2 amide bonds. The Morgan fingerprint density at radius 3 is 2.62 bits per heavy atom. The van der Waals surface area contributed by atoms with Crippen LogP contribution in [-0.2, 0) is 4.79 Å². The first-order valence-electron chi connectivity index (χ1n) is 5.20. The molecule has 0 saturated heterocycles. The molecule has 0 aliphatic carbocycles. The Morgan fingerprint density at radius 1 is 1.44 bits per heavy atom. The first kappa shape index (κ1) is 12.3. The molecule has 5 heteroatoms. The molecule has 0 radical (unpaired) electrons. The monoisotopic (exact) mass is 224 g/mol. The van der Waals surface area contributed by atoms with E-state index in [4.69, 9.17) is 4.42 Å². The Hall–Kier alpha value is -1.78. The average molecular weight is 224 g/mol. The van der Waals surface area contributed by atoms with Crippen molar-refractivity contribution in [2.24, 2.45) is 5.92 Å². The molecule has 0 bridgehead atoms. The largest absolute Gasteiger partial charge is 0.469 e. The fourth-order valence-electron chi connectivity index (χ4n) is 1.11. The van der Waals surface area contributed by atoms with E-state index in [1.165, 1.54) is 6.26 Å². The van der Waals surface area contributed by atoms with E-state index in [2.05, 4.69) is 10.9 Å². The van der Waals surface area contributed by atoms with Gasteiger partial charge in [-0.05, 0) is 19.4 Å². The summed E-state index contributed by atoms with van der Waals surface area (Å²) in [6.07, 6.45) is 2.16. The summed E-state index contributed by atoms with van der Waals surface area (Å²) < 4.78 is 4.99. The summed E-state index contributed by atoms with van der Waals surface area (Å²) in [5.74, 6) is -0.166. The minimum absolute atomic E-state index is 0.120. The molecule has 0 spiro atoms. The van der Waals surface area contributed by atoms with Crippen LogP contribution in [0.1, 0.15) is 36.4 Å². The topological polar surface area (TPSA) is 71.3 Å². The summed E-state index contributed by atoms with van der Waals surface area (Å²) in [4.78, 5) is 22.9. The molecular formula is C11H16N2O3. The smallest absolute Gasteiger partial charge is 0.273 e. The SMILES string of the molecule is CCC(C)C(=O)NNC(=O)c1ccoc1C. The van der Waals surface area contributed by atoms with Crippen molar-refractivity contribution in [1.82, 2.24) is 10.9 Å². The lowest BCUT2D eigenvalue weighted by Crippen LogP contribution is -2.44. The number of hydrazine groups is 1. The summed E-state index contributed by atoms with van der Waals surface area (Å²) >= 11 is 0. The van der Waals surface area contributed by atoms with Crippen LogP contribution in [-0.4, -0.2) is 11.8 Å². The number of rotatable bonds is 3. The second-order valence-corrected chi connectivity index (χ2v) is 3.64. The highest BCUT2D eigenvalue weighted by atomic mass is 16.3. The van der Waals surface area contributed by atoms with Gasteiger partial charge in [0.15, 0.2) is 0 Å². The zero-order valence-corrected chi connectivity index (χ0v) is 9.66. The minimum Gasteiger partial charge on any atom is -0.469 e. The molecule has 88 valence electrons. The highest BCUT2D eigenvalue weighted by molar-refractivity contribution is 5.96. The van der Waals surface area contributed by atoms with Gasteiger partial charge in [-0.3, -0.25) is 20.4 Å². The van der Waals surface area contributed by atoms with Gasteiger partial charge in [-0.2, -0.15) is 0 Å². The second kappa shape index (κ2) is 5.34. The Bertz CT molecular complexity index is 384. The van der Waals surface area contributed by atoms with E-state index in [0.29, 0.717) is 11.3 Å². The number of nitrogens with one attached hydrogen (secondary N) is 2. The molecular weight excluding hydrogens is 208 g/mol. The third-order valence-corrected chi connectivity index (χ3v) is 2.46. The third-order valence-electron chi connectivity index (χ3n) is 2.46. The van der Waals surface area contributed by atoms with E-state index in [0.717, 1.165) is 6.42 Å². The highest BCUT2D eigenvalue weighted by Gasteiger charge is 2.14. The van der Waals surface area contributed by atoms with E-state index in [1.807, 2.05) is 6.92 Å². The molecule has 1 heterocycles. The first-order chi connectivity index (χ1) is 7.56. The van der Waals surface area contributed by atoms with Crippen LogP contribution in [0.5, 0.6) is 0 Å². The predicted molar refractivity (Wildman–Crippen MR) is 58.5 cm³/mol. The molecule has 5 nitrogen and oxygen atoms in total. The third kappa shape index (κ3) is 2.85. The van der Waals surface area contributed by atoms with Crippen molar-refractivity contribution >= 4 is 11.8 Å². The molecule has 1 aromatic rings. The van der Waals surface area contributed by atoms with E-state index >= 15 is 0 Å². The van der Waals surface area contributed by atoms with Crippen LogP contribution in [0, 0.1) is 12.8 Å². The zero-order valence-electron chi connectivity index (χ0n) is 9.66. The highest BCUT2D eigenvalue weighted by Crippen LogP contribution is 2.07. The lowest BCUT2D eigenvalue weighted by Gasteiger charge is -2.10. The van der Waals surface area contributed by atoms with E-state index in [9.17, 15) is 9.59 Å². The fourth-order valence-corrected chi connectivity index (χ4v) is 1.11. The van der Waals surface area contributed by atoms with Crippen LogP contribution in [0.25, 0.3) is 0 Å². The van der Waals surface area contributed by atoms with Gasteiger partial charge in [-0.1, -0.05) is 13.8 Å². The van der Waals surface area contributed by atoms with Gasteiger partial charge in [0, 0.05) is 5.92 Å². The number of carbonyl (C=O) groups excluding carboxylic acids is 2.